The molecule has 0 bridgehead atoms. The quantitative estimate of drug-likeness (QED) is 0.743. The number of H-pyrrole nitrogens is 1. The van der Waals surface area contributed by atoms with E-state index in [0.29, 0.717) is 20.9 Å². The predicted octanol–water partition coefficient (Wildman–Crippen LogP) is 2.39. The Balaban J connectivity index is 2.38. The standard InChI is InChI=1S/C12H7ClN2O2S/c13-7-1-3-8(4-2-7)15-11(16)10-9(5-6-18-10)14-12(15)17/h1-6H,(H,14,17). The molecule has 0 atom stereocenters. The van der Waals surface area contributed by atoms with E-state index in [4.69, 9.17) is 11.6 Å². The molecule has 0 aliphatic heterocycles. The summed E-state index contributed by atoms with van der Waals surface area (Å²) in [7, 11) is 0. The first-order chi connectivity index (χ1) is 8.66. The van der Waals surface area contributed by atoms with Gasteiger partial charge in [0.05, 0.1) is 11.2 Å². The van der Waals surface area contributed by atoms with Crippen molar-refractivity contribution in [2.75, 3.05) is 0 Å². The van der Waals surface area contributed by atoms with Gasteiger partial charge in [-0.1, -0.05) is 11.6 Å². The molecule has 0 aliphatic rings. The minimum atomic E-state index is -0.451. The number of halogens is 1. The highest BCUT2D eigenvalue weighted by molar-refractivity contribution is 7.17. The fourth-order valence-corrected chi connectivity index (χ4v) is 2.67. The molecular formula is C12H7ClN2O2S. The molecule has 0 saturated heterocycles. The second-order valence-corrected chi connectivity index (χ2v) is 5.06. The minimum Gasteiger partial charge on any atom is -0.306 e. The van der Waals surface area contributed by atoms with Gasteiger partial charge in [0.2, 0.25) is 0 Å². The summed E-state index contributed by atoms with van der Waals surface area (Å²) < 4.78 is 1.64. The van der Waals surface area contributed by atoms with Crippen molar-refractivity contribution in [2.45, 2.75) is 0 Å². The van der Waals surface area contributed by atoms with E-state index in [2.05, 4.69) is 4.98 Å². The number of hydrogen-bond acceptors (Lipinski definition) is 3. The monoisotopic (exact) mass is 278 g/mol. The lowest BCUT2D eigenvalue weighted by Gasteiger charge is -2.04. The summed E-state index contributed by atoms with van der Waals surface area (Å²) in [6.07, 6.45) is 0. The van der Waals surface area contributed by atoms with Crippen molar-refractivity contribution in [2.24, 2.45) is 0 Å². The lowest BCUT2D eigenvalue weighted by atomic mass is 10.3. The molecule has 0 aliphatic carbocycles. The van der Waals surface area contributed by atoms with E-state index in [1.807, 2.05) is 0 Å². The van der Waals surface area contributed by atoms with E-state index in [1.54, 1.807) is 35.7 Å². The Morgan fingerprint density at radius 2 is 1.83 bits per heavy atom. The van der Waals surface area contributed by atoms with Crippen LogP contribution in [0, 0.1) is 0 Å². The molecule has 90 valence electrons. The molecule has 0 spiro atoms. The summed E-state index contributed by atoms with van der Waals surface area (Å²) in [6, 6.07) is 8.27. The van der Waals surface area contributed by atoms with Crippen LogP contribution < -0.4 is 11.2 Å². The van der Waals surface area contributed by atoms with Gasteiger partial charge in [-0.3, -0.25) is 4.79 Å². The summed E-state index contributed by atoms with van der Waals surface area (Å²) in [5, 5.41) is 2.33. The normalized spacial score (nSPS) is 10.9. The Kier molecular flexibility index (Phi) is 2.57. The summed E-state index contributed by atoms with van der Waals surface area (Å²) in [6.45, 7) is 0. The van der Waals surface area contributed by atoms with Gasteiger partial charge in [-0.05, 0) is 35.7 Å². The van der Waals surface area contributed by atoms with Crippen molar-refractivity contribution in [3.8, 4) is 5.69 Å². The average molecular weight is 279 g/mol. The third-order valence-electron chi connectivity index (χ3n) is 2.59. The number of nitrogens with zero attached hydrogens (tertiary/aromatic N) is 1. The average Bonchev–Trinajstić information content (AvgIpc) is 2.80. The van der Waals surface area contributed by atoms with Crippen LogP contribution in [-0.4, -0.2) is 9.55 Å². The van der Waals surface area contributed by atoms with E-state index in [0.717, 1.165) is 4.57 Å². The first kappa shape index (κ1) is 11.3. The smallest absolute Gasteiger partial charge is 0.306 e. The second kappa shape index (κ2) is 4.12. The van der Waals surface area contributed by atoms with Gasteiger partial charge in [-0.2, -0.15) is 0 Å². The molecule has 2 heterocycles. The Labute approximate surface area is 110 Å². The van der Waals surface area contributed by atoms with Crippen molar-refractivity contribution in [3.05, 3.63) is 61.6 Å². The summed E-state index contributed by atoms with van der Waals surface area (Å²) in [5.41, 5.74) is 0.306. The minimum absolute atomic E-state index is 0.314. The number of aromatic amines is 1. The maximum atomic E-state index is 12.2. The van der Waals surface area contributed by atoms with Crippen LogP contribution in [0.2, 0.25) is 5.02 Å². The van der Waals surface area contributed by atoms with E-state index < -0.39 is 5.69 Å². The third-order valence-corrected chi connectivity index (χ3v) is 3.75. The largest absolute Gasteiger partial charge is 0.333 e. The number of thiophene rings is 1. The van der Waals surface area contributed by atoms with Gasteiger partial charge in [0.15, 0.2) is 0 Å². The first-order valence-corrected chi connectivity index (χ1v) is 6.41. The molecule has 6 heteroatoms. The zero-order valence-corrected chi connectivity index (χ0v) is 10.6. The number of rotatable bonds is 1. The van der Waals surface area contributed by atoms with Crippen LogP contribution in [-0.2, 0) is 0 Å². The highest BCUT2D eigenvalue weighted by Crippen LogP contribution is 2.14. The molecule has 0 amide bonds. The molecule has 0 unspecified atom stereocenters. The van der Waals surface area contributed by atoms with Gasteiger partial charge in [0.1, 0.15) is 4.70 Å². The Hall–Kier alpha value is -1.85. The van der Waals surface area contributed by atoms with Gasteiger partial charge >= 0.3 is 5.69 Å². The lowest BCUT2D eigenvalue weighted by molar-refractivity contribution is 0.904. The first-order valence-electron chi connectivity index (χ1n) is 5.15. The highest BCUT2D eigenvalue weighted by Gasteiger charge is 2.09. The molecule has 0 fully saturated rings. The van der Waals surface area contributed by atoms with Crippen molar-refractivity contribution >= 4 is 33.2 Å². The van der Waals surface area contributed by atoms with Gasteiger partial charge < -0.3 is 4.98 Å². The summed E-state index contributed by atoms with van der Waals surface area (Å²) >= 11 is 7.09. The molecular weight excluding hydrogens is 272 g/mol. The molecule has 18 heavy (non-hydrogen) atoms. The van der Waals surface area contributed by atoms with Crippen LogP contribution in [0.5, 0.6) is 0 Å². The van der Waals surface area contributed by atoms with Crippen LogP contribution in [0.3, 0.4) is 0 Å². The number of benzene rings is 1. The maximum absolute atomic E-state index is 12.2. The highest BCUT2D eigenvalue weighted by atomic mass is 35.5. The number of fused-ring (bicyclic) bond motifs is 1. The lowest BCUT2D eigenvalue weighted by Crippen LogP contribution is -2.32. The van der Waals surface area contributed by atoms with Gasteiger partial charge in [-0.25, -0.2) is 9.36 Å². The Morgan fingerprint density at radius 3 is 2.56 bits per heavy atom. The topological polar surface area (TPSA) is 54.9 Å². The van der Waals surface area contributed by atoms with Crippen molar-refractivity contribution in [3.63, 3.8) is 0 Å². The van der Waals surface area contributed by atoms with Crippen molar-refractivity contribution in [1.29, 1.82) is 0 Å². The van der Waals surface area contributed by atoms with E-state index >= 15 is 0 Å². The van der Waals surface area contributed by atoms with Crippen LogP contribution in [0.15, 0.2) is 45.3 Å². The fraction of sp³-hybridized carbons (Fsp3) is 0. The zero-order chi connectivity index (χ0) is 12.7. The van der Waals surface area contributed by atoms with Crippen LogP contribution in [0.4, 0.5) is 0 Å². The molecule has 2 aromatic heterocycles. The molecule has 4 nitrogen and oxygen atoms in total. The number of hydrogen-bond donors (Lipinski definition) is 1. The van der Waals surface area contributed by atoms with Crippen LogP contribution in [0.25, 0.3) is 15.9 Å². The third kappa shape index (κ3) is 1.68. The Bertz CT molecular complexity index is 830. The molecule has 3 rings (SSSR count). The fourth-order valence-electron chi connectivity index (χ4n) is 1.76. The number of aromatic nitrogens is 2. The molecule has 1 aromatic carbocycles. The molecule has 0 saturated carbocycles. The molecule has 3 aromatic rings. The predicted molar refractivity (Wildman–Crippen MR) is 73.1 cm³/mol. The van der Waals surface area contributed by atoms with Crippen molar-refractivity contribution in [1.82, 2.24) is 9.55 Å². The Morgan fingerprint density at radius 1 is 1.11 bits per heavy atom. The van der Waals surface area contributed by atoms with Gasteiger partial charge in [0.25, 0.3) is 5.56 Å². The zero-order valence-electron chi connectivity index (χ0n) is 9.01. The van der Waals surface area contributed by atoms with E-state index in [1.165, 1.54) is 11.3 Å². The number of nitrogens with one attached hydrogen (secondary N) is 1. The van der Waals surface area contributed by atoms with Crippen LogP contribution in [0.1, 0.15) is 0 Å². The summed E-state index contributed by atoms with van der Waals surface area (Å²) in [4.78, 5) is 26.8. The van der Waals surface area contributed by atoms with Crippen molar-refractivity contribution < 1.29 is 0 Å². The van der Waals surface area contributed by atoms with Gasteiger partial charge in [0, 0.05) is 5.02 Å². The summed E-state index contributed by atoms with van der Waals surface area (Å²) in [5.74, 6) is 0. The maximum Gasteiger partial charge on any atom is 0.333 e. The van der Waals surface area contributed by atoms with E-state index in [9.17, 15) is 9.59 Å². The SMILES string of the molecule is O=c1[nH]c2ccsc2c(=O)n1-c1ccc(Cl)cc1. The van der Waals surface area contributed by atoms with Gasteiger partial charge in [-0.15, -0.1) is 11.3 Å². The van der Waals surface area contributed by atoms with Crippen LogP contribution >= 0.6 is 22.9 Å². The van der Waals surface area contributed by atoms with E-state index in [-0.39, 0.29) is 5.56 Å². The molecule has 0 radical (unpaired) electrons. The molecule has 1 N–H and O–H groups in total. The second-order valence-electron chi connectivity index (χ2n) is 3.71.